The quantitative estimate of drug-likeness (QED) is 0.520. The van der Waals surface area contributed by atoms with E-state index in [1.807, 2.05) is 11.9 Å². The Kier molecular flexibility index (Phi) is 2.90. The molecule has 10 heavy (non-hydrogen) atoms. The Morgan fingerprint density at radius 3 is 2.40 bits per heavy atom. The first kappa shape index (κ1) is 9.49. The molecule has 0 fully saturated rings. The lowest BCUT2D eigenvalue weighted by molar-refractivity contribution is 0.473. The summed E-state index contributed by atoms with van der Waals surface area (Å²) >= 11 is 0. The highest BCUT2D eigenvalue weighted by molar-refractivity contribution is 7.94. The molecule has 1 aliphatic rings. The molecule has 0 unspecified atom stereocenters. The van der Waals surface area contributed by atoms with Gasteiger partial charge in [0.05, 0.1) is 5.75 Å². The van der Waals surface area contributed by atoms with Gasteiger partial charge in [0.1, 0.15) is 0 Å². The highest BCUT2D eigenvalue weighted by Gasteiger charge is 2.11. The maximum absolute atomic E-state index is 10.7. The van der Waals surface area contributed by atoms with Crippen molar-refractivity contribution in [3.63, 3.8) is 0 Å². The third kappa shape index (κ3) is 2.39. The molecule has 0 amide bonds. The predicted octanol–water partition coefficient (Wildman–Crippen LogP) is 0.454. The molecule has 1 heterocycles. The topological polar surface area (TPSA) is 37.4 Å². The van der Waals surface area contributed by atoms with E-state index in [1.54, 1.807) is 6.20 Å². The molecule has 0 aromatic heterocycles. The number of hydrogen-bond acceptors (Lipinski definition) is 3. The molecule has 0 atom stereocenters. The average molecular weight is 163 g/mol. The zero-order valence-electron chi connectivity index (χ0n) is 5.24. The fourth-order valence-electron chi connectivity index (χ4n) is 0.610. The van der Waals surface area contributed by atoms with Gasteiger partial charge in [-0.25, -0.2) is 8.42 Å². The fourth-order valence-corrected chi connectivity index (χ4v) is 1.68. The van der Waals surface area contributed by atoms with E-state index >= 15 is 0 Å². The normalized spacial score (nSPS) is 21.9. The SMILES string of the molecule is C.CN1C=CS(=O)(=O)CC1. The van der Waals surface area contributed by atoms with Crippen LogP contribution < -0.4 is 0 Å². The van der Waals surface area contributed by atoms with Gasteiger partial charge in [-0.1, -0.05) is 7.43 Å². The Morgan fingerprint density at radius 2 is 2.10 bits per heavy atom. The largest absolute Gasteiger partial charge is 0.379 e. The smallest absolute Gasteiger partial charge is 0.174 e. The number of sulfone groups is 1. The Bertz CT molecular complexity index is 218. The van der Waals surface area contributed by atoms with Gasteiger partial charge in [-0.3, -0.25) is 0 Å². The monoisotopic (exact) mass is 163 g/mol. The van der Waals surface area contributed by atoms with Gasteiger partial charge in [-0.15, -0.1) is 0 Å². The second-order valence-electron chi connectivity index (χ2n) is 2.13. The molecule has 1 rings (SSSR count). The van der Waals surface area contributed by atoms with Crippen LogP contribution in [0, 0.1) is 0 Å². The lowest BCUT2D eigenvalue weighted by Crippen LogP contribution is -2.24. The second-order valence-corrected chi connectivity index (χ2v) is 4.14. The van der Waals surface area contributed by atoms with Gasteiger partial charge in [-0.05, 0) is 0 Å². The van der Waals surface area contributed by atoms with Crippen LogP contribution in [0.15, 0.2) is 11.6 Å². The zero-order valence-corrected chi connectivity index (χ0v) is 6.06. The first-order chi connectivity index (χ1) is 4.10. The summed E-state index contributed by atoms with van der Waals surface area (Å²) in [4.78, 5) is 1.85. The van der Waals surface area contributed by atoms with Gasteiger partial charge in [0.25, 0.3) is 0 Å². The Hall–Kier alpha value is -0.510. The van der Waals surface area contributed by atoms with Crippen LogP contribution in [-0.4, -0.2) is 32.7 Å². The lowest BCUT2D eigenvalue weighted by Gasteiger charge is -2.16. The molecule has 3 nitrogen and oxygen atoms in total. The van der Waals surface area contributed by atoms with E-state index in [2.05, 4.69) is 0 Å². The molecule has 0 saturated heterocycles. The molecule has 4 heteroatoms. The van der Waals surface area contributed by atoms with Gasteiger partial charge < -0.3 is 4.90 Å². The van der Waals surface area contributed by atoms with Crippen molar-refractivity contribution in [3.05, 3.63) is 11.6 Å². The summed E-state index contributed by atoms with van der Waals surface area (Å²) in [7, 11) is -0.986. The van der Waals surface area contributed by atoms with Crippen molar-refractivity contribution < 1.29 is 8.42 Å². The molecule has 0 radical (unpaired) electrons. The van der Waals surface area contributed by atoms with Crippen LogP contribution >= 0.6 is 0 Å². The summed E-state index contributed by atoms with van der Waals surface area (Å²) in [5.41, 5.74) is 0. The van der Waals surface area contributed by atoms with Crippen molar-refractivity contribution >= 4 is 9.84 Å². The number of nitrogens with zero attached hydrogens (tertiary/aromatic N) is 1. The van der Waals surface area contributed by atoms with E-state index in [0.29, 0.717) is 6.54 Å². The molecule has 0 N–H and O–H groups in total. The van der Waals surface area contributed by atoms with E-state index in [0.717, 1.165) is 0 Å². The lowest BCUT2D eigenvalue weighted by atomic mass is 10.6. The van der Waals surface area contributed by atoms with E-state index in [-0.39, 0.29) is 13.2 Å². The van der Waals surface area contributed by atoms with Gasteiger partial charge in [-0.2, -0.15) is 0 Å². The standard InChI is InChI=1S/C5H9NO2S.CH4/c1-6-2-4-9(7,8)5-3-6;/h2,4H,3,5H2,1H3;1H4. The Balaban J connectivity index is 0.000000810. The molecule has 1 aliphatic heterocycles. The molecular formula is C6H13NO2S. The van der Waals surface area contributed by atoms with E-state index in [4.69, 9.17) is 0 Å². The van der Waals surface area contributed by atoms with Crippen molar-refractivity contribution in [2.45, 2.75) is 7.43 Å². The summed E-state index contributed by atoms with van der Waals surface area (Å²) in [6.45, 7) is 0.610. The van der Waals surface area contributed by atoms with Crippen LogP contribution in [0.25, 0.3) is 0 Å². The Morgan fingerprint density at radius 1 is 1.50 bits per heavy atom. The van der Waals surface area contributed by atoms with Crippen LogP contribution in [0.4, 0.5) is 0 Å². The maximum Gasteiger partial charge on any atom is 0.174 e. The van der Waals surface area contributed by atoms with Crippen LogP contribution in [0.5, 0.6) is 0 Å². The minimum absolute atomic E-state index is 0. The predicted molar refractivity (Wildman–Crippen MR) is 42.3 cm³/mol. The second kappa shape index (κ2) is 3.05. The average Bonchev–Trinajstić information content (AvgIpc) is 1.78. The minimum atomic E-state index is -2.84. The van der Waals surface area contributed by atoms with Gasteiger partial charge in [0.15, 0.2) is 9.84 Å². The van der Waals surface area contributed by atoms with E-state index in [9.17, 15) is 8.42 Å². The summed E-state index contributed by atoms with van der Waals surface area (Å²) in [6.07, 6.45) is 1.58. The third-order valence-corrected chi connectivity index (χ3v) is 2.54. The number of hydrogen-bond donors (Lipinski definition) is 0. The zero-order chi connectivity index (χ0) is 6.91. The van der Waals surface area contributed by atoms with Crippen molar-refractivity contribution in [2.24, 2.45) is 0 Å². The van der Waals surface area contributed by atoms with Crippen molar-refractivity contribution in [2.75, 3.05) is 19.3 Å². The molecule has 0 saturated carbocycles. The van der Waals surface area contributed by atoms with Gasteiger partial charge >= 0.3 is 0 Å². The van der Waals surface area contributed by atoms with Crippen molar-refractivity contribution in [3.8, 4) is 0 Å². The van der Waals surface area contributed by atoms with Crippen molar-refractivity contribution in [1.29, 1.82) is 0 Å². The molecular weight excluding hydrogens is 150 g/mol. The maximum atomic E-state index is 10.7. The molecule has 0 aromatic carbocycles. The Labute approximate surface area is 62.3 Å². The summed E-state index contributed by atoms with van der Waals surface area (Å²) in [6, 6.07) is 0. The van der Waals surface area contributed by atoms with Crippen LogP contribution in [0.1, 0.15) is 7.43 Å². The van der Waals surface area contributed by atoms with Gasteiger partial charge in [0.2, 0.25) is 0 Å². The first-order valence-electron chi connectivity index (χ1n) is 2.71. The molecule has 0 aromatic rings. The molecule has 0 spiro atoms. The van der Waals surface area contributed by atoms with Crippen LogP contribution in [0.2, 0.25) is 0 Å². The highest BCUT2D eigenvalue weighted by Crippen LogP contribution is 2.01. The molecule has 0 aliphatic carbocycles. The fraction of sp³-hybridized carbons (Fsp3) is 0.667. The molecule has 0 bridgehead atoms. The summed E-state index contributed by atoms with van der Waals surface area (Å²) in [5.74, 6) is 0.250. The third-order valence-electron chi connectivity index (χ3n) is 1.25. The highest BCUT2D eigenvalue weighted by atomic mass is 32.2. The summed E-state index contributed by atoms with van der Waals surface area (Å²) in [5, 5.41) is 1.25. The van der Waals surface area contributed by atoms with Crippen LogP contribution in [0.3, 0.4) is 0 Å². The van der Waals surface area contributed by atoms with E-state index in [1.165, 1.54) is 5.41 Å². The van der Waals surface area contributed by atoms with Crippen LogP contribution in [-0.2, 0) is 9.84 Å². The van der Waals surface area contributed by atoms with E-state index < -0.39 is 9.84 Å². The van der Waals surface area contributed by atoms with Gasteiger partial charge in [0, 0.05) is 25.2 Å². The molecule has 60 valence electrons. The summed E-state index contributed by atoms with van der Waals surface area (Å²) < 4.78 is 21.4. The van der Waals surface area contributed by atoms with Crippen molar-refractivity contribution in [1.82, 2.24) is 4.90 Å². The first-order valence-corrected chi connectivity index (χ1v) is 4.43. The minimum Gasteiger partial charge on any atom is -0.379 e. The number of rotatable bonds is 0.